The van der Waals surface area contributed by atoms with Gasteiger partial charge in [-0.3, -0.25) is 9.78 Å². The Kier molecular flexibility index (Phi) is 5.85. The zero-order chi connectivity index (χ0) is 10.9. The Hall–Kier alpha value is -1.03. The number of hydrogen-bond acceptors (Lipinski definition) is 3. The predicted molar refractivity (Wildman–Crippen MR) is 61.1 cm³/mol. The van der Waals surface area contributed by atoms with E-state index in [-0.39, 0.29) is 0 Å². The van der Waals surface area contributed by atoms with Crippen LogP contribution < -0.4 is 0 Å². The fourth-order valence-corrected chi connectivity index (χ4v) is 2.08. The topological polar surface area (TPSA) is 50.2 Å². The van der Waals surface area contributed by atoms with E-state index in [4.69, 9.17) is 5.11 Å². The Balaban J connectivity index is 2.00. The minimum absolute atomic E-state index is 0.292. The molecule has 0 radical (unpaired) electrons. The van der Waals surface area contributed by atoms with Gasteiger partial charge in [0.15, 0.2) is 0 Å². The molecule has 0 saturated carbocycles. The first-order chi connectivity index (χ1) is 7.29. The standard InChI is InChI=1S/C11H15NO2S/c13-11(14)4-2-1-3-9-15-10-5-7-12-8-6-10/h5-8H,1-4,9H2,(H,13,14). The summed E-state index contributed by atoms with van der Waals surface area (Å²) in [7, 11) is 0. The number of carboxylic acid groups (broad SMARTS) is 1. The molecule has 0 spiro atoms. The van der Waals surface area contributed by atoms with Crippen molar-refractivity contribution in [2.24, 2.45) is 0 Å². The fraction of sp³-hybridized carbons (Fsp3) is 0.455. The van der Waals surface area contributed by atoms with Gasteiger partial charge in [-0.15, -0.1) is 11.8 Å². The van der Waals surface area contributed by atoms with Crippen molar-refractivity contribution in [3.8, 4) is 0 Å². The molecule has 0 amide bonds. The van der Waals surface area contributed by atoms with E-state index in [0.717, 1.165) is 25.0 Å². The molecule has 0 aliphatic rings. The van der Waals surface area contributed by atoms with E-state index in [1.807, 2.05) is 12.1 Å². The van der Waals surface area contributed by atoms with Crippen LogP contribution in [0.3, 0.4) is 0 Å². The van der Waals surface area contributed by atoms with Gasteiger partial charge in [-0.2, -0.15) is 0 Å². The second kappa shape index (κ2) is 7.29. The van der Waals surface area contributed by atoms with Crippen LogP contribution in [0.1, 0.15) is 25.7 Å². The summed E-state index contributed by atoms with van der Waals surface area (Å²) in [5.74, 6) is 0.348. The van der Waals surface area contributed by atoms with Gasteiger partial charge >= 0.3 is 5.97 Å². The third-order valence-electron chi connectivity index (χ3n) is 1.95. The molecule has 1 aromatic rings. The zero-order valence-corrected chi connectivity index (χ0v) is 9.37. The van der Waals surface area contributed by atoms with Crippen molar-refractivity contribution in [2.75, 3.05) is 5.75 Å². The van der Waals surface area contributed by atoms with Crippen LogP contribution in [-0.2, 0) is 4.79 Å². The summed E-state index contributed by atoms with van der Waals surface area (Å²) in [6.07, 6.45) is 6.70. The van der Waals surface area contributed by atoms with Gasteiger partial charge in [-0.05, 0) is 30.7 Å². The first-order valence-corrected chi connectivity index (χ1v) is 6.02. The summed E-state index contributed by atoms with van der Waals surface area (Å²) >= 11 is 1.79. The molecule has 1 aromatic heterocycles. The number of hydrogen-bond donors (Lipinski definition) is 1. The molecule has 0 aliphatic carbocycles. The minimum Gasteiger partial charge on any atom is -0.481 e. The van der Waals surface area contributed by atoms with Crippen LogP contribution in [0.5, 0.6) is 0 Å². The molecule has 0 aliphatic heterocycles. The van der Waals surface area contributed by atoms with E-state index >= 15 is 0 Å². The Morgan fingerprint density at radius 1 is 1.27 bits per heavy atom. The van der Waals surface area contributed by atoms with Gasteiger partial charge in [0, 0.05) is 23.7 Å². The summed E-state index contributed by atoms with van der Waals surface area (Å²) in [5, 5.41) is 8.44. The molecule has 1 rings (SSSR count). The number of aromatic nitrogens is 1. The number of thioether (sulfide) groups is 1. The van der Waals surface area contributed by atoms with E-state index in [1.54, 1.807) is 24.2 Å². The lowest BCUT2D eigenvalue weighted by Gasteiger charge is -2.00. The SMILES string of the molecule is O=C(O)CCCCCSc1ccncc1. The molecule has 0 unspecified atom stereocenters. The van der Waals surface area contributed by atoms with Crippen molar-refractivity contribution in [2.45, 2.75) is 30.6 Å². The van der Waals surface area contributed by atoms with Gasteiger partial charge in [0.1, 0.15) is 0 Å². The number of carbonyl (C=O) groups is 1. The quantitative estimate of drug-likeness (QED) is 0.572. The Morgan fingerprint density at radius 2 is 2.00 bits per heavy atom. The highest BCUT2D eigenvalue weighted by molar-refractivity contribution is 7.99. The van der Waals surface area contributed by atoms with E-state index < -0.39 is 5.97 Å². The van der Waals surface area contributed by atoms with Crippen molar-refractivity contribution in [1.82, 2.24) is 4.98 Å². The molecule has 3 nitrogen and oxygen atoms in total. The monoisotopic (exact) mass is 225 g/mol. The molecular weight excluding hydrogens is 210 g/mol. The highest BCUT2D eigenvalue weighted by atomic mass is 32.2. The second-order valence-corrected chi connectivity index (χ2v) is 4.40. The lowest BCUT2D eigenvalue weighted by atomic mass is 10.2. The molecule has 0 fully saturated rings. The average molecular weight is 225 g/mol. The van der Waals surface area contributed by atoms with Crippen LogP contribution in [0.25, 0.3) is 0 Å². The van der Waals surface area contributed by atoms with Gasteiger partial charge in [-0.25, -0.2) is 0 Å². The van der Waals surface area contributed by atoms with Crippen molar-refractivity contribution < 1.29 is 9.90 Å². The van der Waals surface area contributed by atoms with E-state index in [2.05, 4.69) is 4.98 Å². The number of pyridine rings is 1. The van der Waals surface area contributed by atoms with Gasteiger partial charge in [0.25, 0.3) is 0 Å². The van der Waals surface area contributed by atoms with E-state index in [1.165, 1.54) is 4.90 Å². The fourth-order valence-electron chi connectivity index (χ4n) is 1.18. The maximum Gasteiger partial charge on any atom is 0.303 e. The van der Waals surface area contributed by atoms with Crippen molar-refractivity contribution in [1.29, 1.82) is 0 Å². The van der Waals surface area contributed by atoms with Crippen LogP contribution in [-0.4, -0.2) is 21.8 Å². The molecule has 0 aromatic carbocycles. The number of carboxylic acids is 1. The lowest BCUT2D eigenvalue weighted by Crippen LogP contribution is -1.93. The molecule has 4 heteroatoms. The number of rotatable bonds is 7. The molecular formula is C11H15NO2S. The molecule has 0 atom stereocenters. The van der Waals surface area contributed by atoms with Crippen LogP contribution in [0.4, 0.5) is 0 Å². The molecule has 0 saturated heterocycles. The number of unbranched alkanes of at least 4 members (excludes halogenated alkanes) is 2. The van der Waals surface area contributed by atoms with Crippen molar-refractivity contribution in [3.05, 3.63) is 24.5 Å². The summed E-state index contributed by atoms with van der Waals surface area (Å²) in [6.45, 7) is 0. The number of nitrogens with zero attached hydrogens (tertiary/aromatic N) is 1. The first kappa shape index (κ1) is 12.0. The Labute approximate surface area is 93.9 Å². The predicted octanol–water partition coefficient (Wildman–Crippen LogP) is 2.82. The van der Waals surface area contributed by atoms with Crippen LogP contribution in [0.15, 0.2) is 29.4 Å². The molecule has 1 N–H and O–H groups in total. The Morgan fingerprint density at radius 3 is 2.67 bits per heavy atom. The summed E-state index contributed by atoms with van der Waals surface area (Å²) in [6, 6.07) is 3.98. The number of aliphatic carboxylic acids is 1. The van der Waals surface area contributed by atoms with E-state index in [9.17, 15) is 4.79 Å². The average Bonchev–Trinajstić information content (AvgIpc) is 2.24. The highest BCUT2D eigenvalue weighted by Gasteiger charge is 1.97. The smallest absolute Gasteiger partial charge is 0.303 e. The first-order valence-electron chi connectivity index (χ1n) is 5.03. The molecule has 0 bridgehead atoms. The lowest BCUT2D eigenvalue weighted by molar-refractivity contribution is -0.137. The summed E-state index contributed by atoms with van der Waals surface area (Å²) in [4.78, 5) is 15.4. The van der Waals surface area contributed by atoms with Gasteiger partial charge in [0.2, 0.25) is 0 Å². The highest BCUT2D eigenvalue weighted by Crippen LogP contribution is 2.18. The summed E-state index contributed by atoms with van der Waals surface area (Å²) in [5.41, 5.74) is 0. The van der Waals surface area contributed by atoms with Gasteiger partial charge in [0.05, 0.1) is 0 Å². The van der Waals surface area contributed by atoms with Crippen LogP contribution in [0.2, 0.25) is 0 Å². The molecule has 15 heavy (non-hydrogen) atoms. The van der Waals surface area contributed by atoms with Crippen LogP contribution >= 0.6 is 11.8 Å². The Bertz CT molecular complexity index is 290. The largest absolute Gasteiger partial charge is 0.481 e. The molecule has 82 valence electrons. The second-order valence-electron chi connectivity index (χ2n) is 3.24. The third kappa shape index (κ3) is 6.12. The maximum absolute atomic E-state index is 10.2. The maximum atomic E-state index is 10.2. The van der Waals surface area contributed by atoms with Gasteiger partial charge < -0.3 is 5.11 Å². The minimum atomic E-state index is -0.697. The normalized spacial score (nSPS) is 10.1. The van der Waals surface area contributed by atoms with Gasteiger partial charge in [-0.1, -0.05) is 6.42 Å². The van der Waals surface area contributed by atoms with E-state index in [0.29, 0.717) is 6.42 Å². The molecule has 1 heterocycles. The van der Waals surface area contributed by atoms with Crippen molar-refractivity contribution in [3.63, 3.8) is 0 Å². The van der Waals surface area contributed by atoms with Crippen molar-refractivity contribution >= 4 is 17.7 Å². The third-order valence-corrected chi connectivity index (χ3v) is 3.05. The summed E-state index contributed by atoms with van der Waals surface area (Å²) < 4.78 is 0. The zero-order valence-electron chi connectivity index (χ0n) is 8.56. The van der Waals surface area contributed by atoms with Crippen LogP contribution in [0, 0.1) is 0 Å².